The first-order valence-corrected chi connectivity index (χ1v) is 6.68. The van der Waals surface area contributed by atoms with Gasteiger partial charge in [0, 0.05) is 38.7 Å². The minimum absolute atomic E-state index is 0.310. The Morgan fingerprint density at radius 2 is 2.05 bits per heavy atom. The van der Waals surface area contributed by atoms with Crippen molar-refractivity contribution in [2.75, 3.05) is 0 Å². The number of carbonyl (C=O) groups is 1. The molecule has 0 saturated carbocycles. The molecule has 0 aliphatic rings. The summed E-state index contributed by atoms with van der Waals surface area (Å²) in [6.07, 6.45) is 6.45. The molecule has 19 heavy (non-hydrogen) atoms. The van der Waals surface area contributed by atoms with E-state index in [1.807, 2.05) is 23.9 Å². The van der Waals surface area contributed by atoms with E-state index in [0.717, 1.165) is 18.7 Å². The molecule has 0 saturated heterocycles. The van der Waals surface area contributed by atoms with E-state index in [1.165, 1.54) is 11.1 Å². The summed E-state index contributed by atoms with van der Waals surface area (Å²) in [7, 11) is 1.96. The Labute approximate surface area is 114 Å². The van der Waals surface area contributed by atoms with Gasteiger partial charge in [0.25, 0.3) is 0 Å². The molecule has 0 aliphatic carbocycles. The average molecular weight is 256 g/mol. The molecule has 3 nitrogen and oxygen atoms in total. The number of ketones is 1. The molecule has 1 aromatic heterocycles. The van der Waals surface area contributed by atoms with Gasteiger partial charge in [0.2, 0.25) is 0 Å². The fraction of sp³-hybridized carbons (Fsp3) is 0.375. The summed E-state index contributed by atoms with van der Waals surface area (Å²) in [5, 5.41) is 0. The van der Waals surface area contributed by atoms with Crippen molar-refractivity contribution in [2.45, 2.75) is 32.6 Å². The second-order valence-corrected chi connectivity index (χ2v) is 4.98. The molecule has 1 heterocycles. The predicted molar refractivity (Wildman–Crippen MR) is 76.0 cm³/mol. The fourth-order valence-corrected chi connectivity index (χ4v) is 2.17. The molecule has 0 unspecified atom stereocenters. The summed E-state index contributed by atoms with van der Waals surface area (Å²) in [4.78, 5) is 16.1. The van der Waals surface area contributed by atoms with Crippen LogP contribution >= 0.6 is 0 Å². The van der Waals surface area contributed by atoms with Crippen molar-refractivity contribution in [2.24, 2.45) is 7.05 Å². The van der Waals surface area contributed by atoms with Crippen molar-refractivity contribution >= 4 is 5.78 Å². The second-order valence-electron chi connectivity index (χ2n) is 4.98. The van der Waals surface area contributed by atoms with Gasteiger partial charge in [-0.3, -0.25) is 4.79 Å². The topological polar surface area (TPSA) is 34.9 Å². The SMILES string of the molecule is Cc1cccc(CCC(=O)CCc2nccn2C)c1. The van der Waals surface area contributed by atoms with Gasteiger partial charge in [0.05, 0.1) is 0 Å². The number of nitrogens with zero attached hydrogens (tertiary/aromatic N) is 2. The number of aryl methyl sites for hydroxylation is 4. The number of benzene rings is 1. The highest BCUT2D eigenvalue weighted by Crippen LogP contribution is 2.08. The van der Waals surface area contributed by atoms with Crippen LogP contribution in [0.4, 0.5) is 0 Å². The van der Waals surface area contributed by atoms with Gasteiger partial charge in [-0.15, -0.1) is 0 Å². The Bertz CT molecular complexity index is 557. The highest BCUT2D eigenvalue weighted by molar-refractivity contribution is 5.78. The molecule has 3 heteroatoms. The van der Waals surface area contributed by atoms with Crippen molar-refractivity contribution in [3.05, 3.63) is 53.6 Å². The Balaban J connectivity index is 1.77. The molecule has 0 N–H and O–H groups in total. The third kappa shape index (κ3) is 4.05. The van der Waals surface area contributed by atoms with Gasteiger partial charge in [-0.2, -0.15) is 0 Å². The average Bonchev–Trinajstić information content (AvgIpc) is 2.80. The summed E-state index contributed by atoms with van der Waals surface area (Å²) in [6.45, 7) is 2.08. The van der Waals surface area contributed by atoms with Crippen LogP contribution in [-0.4, -0.2) is 15.3 Å². The van der Waals surface area contributed by atoms with Crippen LogP contribution in [0, 0.1) is 6.92 Å². The molecule has 0 bridgehead atoms. The summed E-state index contributed by atoms with van der Waals surface area (Å²) in [5.74, 6) is 1.29. The van der Waals surface area contributed by atoms with E-state index >= 15 is 0 Å². The van der Waals surface area contributed by atoms with E-state index in [9.17, 15) is 4.79 Å². The number of aromatic nitrogens is 2. The van der Waals surface area contributed by atoms with Gasteiger partial charge in [0.15, 0.2) is 0 Å². The monoisotopic (exact) mass is 256 g/mol. The first-order valence-electron chi connectivity index (χ1n) is 6.68. The Morgan fingerprint density at radius 1 is 1.26 bits per heavy atom. The number of imidazole rings is 1. The van der Waals surface area contributed by atoms with Crippen molar-refractivity contribution in [1.29, 1.82) is 0 Å². The smallest absolute Gasteiger partial charge is 0.133 e. The van der Waals surface area contributed by atoms with E-state index in [-0.39, 0.29) is 0 Å². The van der Waals surface area contributed by atoms with Crippen LogP contribution in [0.25, 0.3) is 0 Å². The van der Waals surface area contributed by atoms with Crippen molar-refractivity contribution in [1.82, 2.24) is 9.55 Å². The zero-order valence-electron chi connectivity index (χ0n) is 11.6. The summed E-state index contributed by atoms with van der Waals surface area (Å²) < 4.78 is 1.97. The summed E-state index contributed by atoms with van der Waals surface area (Å²) in [6, 6.07) is 8.35. The normalized spacial score (nSPS) is 10.6. The van der Waals surface area contributed by atoms with Crippen LogP contribution in [-0.2, 0) is 24.7 Å². The van der Waals surface area contributed by atoms with Gasteiger partial charge < -0.3 is 4.57 Å². The maximum Gasteiger partial charge on any atom is 0.133 e. The minimum Gasteiger partial charge on any atom is -0.338 e. The van der Waals surface area contributed by atoms with Gasteiger partial charge in [-0.1, -0.05) is 29.8 Å². The Morgan fingerprint density at radius 3 is 2.74 bits per heavy atom. The van der Waals surface area contributed by atoms with Gasteiger partial charge in [0.1, 0.15) is 11.6 Å². The highest BCUT2D eigenvalue weighted by atomic mass is 16.1. The van der Waals surface area contributed by atoms with Gasteiger partial charge in [-0.25, -0.2) is 4.98 Å². The summed E-state index contributed by atoms with van der Waals surface area (Å²) in [5.41, 5.74) is 2.49. The van der Waals surface area contributed by atoms with Crippen LogP contribution in [0.2, 0.25) is 0 Å². The molecular weight excluding hydrogens is 236 g/mol. The van der Waals surface area contributed by atoms with Crippen LogP contribution in [0.3, 0.4) is 0 Å². The zero-order chi connectivity index (χ0) is 13.7. The number of hydrogen-bond acceptors (Lipinski definition) is 2. The Hall–Kier alpha value is -1.90. The number of rotatable bonds is 6. The molecule has 0 fully saturated rings. The van der Waals surface area contributed by atoms with E-state index in [2.05, 4.69) is 30.1 Å². The predicted octanol–water partition coefficient (Wildman–Crippen LogP) is 2.86. The van der Waals surface area contributed by atoms with Gasteiger partial charge in [-0.05, 0) is 18.9 Å². The molecule has 1 aromatic carbocycles. The van der Waals surface area contributed by atoms with E-state index in [1.54, 1.807) is 6.20 Å². The molecule has 2 rings (SSSR count). The lowest BCUT2D eigenvalue weighted by Gasteiger charge is -2.03. The van der Waals surface area contributed by atoms with Crippen LogP contribution in [0.15, 0.2) is 36.7 Å². The third-order valence-electron chi connectivity index (χ3n) is 3.32. The van der Waals surface area contributed by atoms with Crippen molar-refractivity contribution in [3.8, 4) is 0 Å². The minimum atomic E-state index is 0.310. The molecule has 2 aromatic rings. The standard InChI is InChI=1S/C16H20N2O/c1-13-4-3-5-14(12-13)6-7-15(19)8-9-16-17-10-11-18(16)2/h3-5,10-12H,6-9H2,1-2H3. The lowest BCUT2D eigenvalue weighted by atomic mass is 10.0. The van der Waals surface area contributed by atoms with Crippen LogP contribution in [0.5, 0.6) is 0 Å². The zero-order valence-corrected chi connectivity index (χ0v) is 11.6. The largest absolute Gasteiger partial charge is 0.338 e. The fourth-order valence-electron chi connectivity index (χ4n) is 2.17. The highest BCUT2D eigenvalue weighted by Gasteiger charge is 2.06. The molecule has 0 spiro atoms. The van der Waals surface area contributed by atoms with Crippen LogP contribution in [0.1, 0.15) is 29.8 Å². The molecular formula is C16H20N2O. The lowest BCUT2D eigenvalue weighted by molar-refractivity contribution is -0.119. The molecule has 0 aliphatic heterocycles. The lowest BCUT2D eigenvalue weighted by Crippen LogP contribution is -2.05. The van der Waals surface area contributed by atoms with Gasteiger partial charge >= 0.3 is 0 Å². The Kier molecular flexibility index (Phi) is 4.50. The van der Waals surface area contributed by atoms with Crippen molar-refractivity contribution in [3.63, 3.8) is 0 Å². The molecule has 0 radical (unpaired) electrons. The first-order chi connectivity index (χ1) is 9.15. The molecule has 0 atom stereocenters. The second kappa shape index (κ2) is 6.32. The molecule has 100 valence electrons. The number of hydrogen-bond donors (Lipinski definition) is 0. The maximum atomic E-state index is 11.9. The van der Waals surface area contributed by atoms with Crippen LogP contribution < -0.4 is 0 Å². The van der Waals surface area contributed by atoms with E-state index in [0.29, 0.717) is 18.6 Å². The van der Waals surface area contributed by atoms with E-state index < -0.39 is 0 Å². The number of carbonyl (C=O) groups excluding carboxylic acids is 1. The summed E-state index contributed by atoms with van der Waals surface area (Å²) >= 11 is 0. The quantitative estimate of drug-likeness (QED) is 0.796. The molecule has 0 amide bonds. The van der Waals surface area contributed by atoms with E-state index in [4.69, 9.17) is 0 Å². The van der Waals surface area contributed by atoms with Crippen molar-refractivity contribution < 1.29 is 4.79 Å². The first kappa shape index (κ1) is 13.5. The number of Topliss-reactive ketones (excluding diaryl/α,β-unsaturated/α-hetero) is 1. The maximum absolute atomic E-state index is 11.9. The third-order valence-corrected chi connectivity index (χ3v) is 3.32.